The van der Waals surface area contributed by atoms with Crippen LogP contribution in [0.15, 0.2) is 29.2 Å². The lowest BCUT2D eigenvalue weighted by Gasteiger charge is -2.00. The van der Waals surface area contributed by atoms with Gasteiger partial charge in [0.1, 0.15) is 11.8 Å². The largest absolute Gasteiger partial charge is 0.333 e. The lowest BCUT2D eigenvalue weighted by Crippen LogP contribution is -1.90. The molecule has 0 saturated heterocycles. The van der Waals surface area contributed by atoms with Gasteiger partial charge in [0.25, 0.3) is 5.89 Å². The number of nitrogens with zero attached hydrogens (tertiary/aromatic N) is 5. The second kappa shape index (κ2) is 4.93. The molecular formula is C13H10N6O. The van der Waals surface area contributed by atoms with Crippen LogP contribution in [0.2, 0.25) is 0 Å². The first-order valence-electron chi connectivity index (χ1n) is 6.04. The molecule has 0 aliphatic rings. The van der Waals surface area contributed by atoms with Crippen molar-refractivity contribution < 1.29 is 4.52 Å². The van der Waals surface area contributed by atoms with E-state index in [1.54, 1.807) is 12.4 Å². The summed E-state index contributed by atoms with van der Waals surface area (Å²) in [4.78, 5) is 8.41. The summed E-state index contributed by atoms with van der Waals surface area (Å²) >= 11 is 0. The Bertz CT molecular complexity index is 782. The number of nitrogens with one attached hydrogen (secondary N) is 1. The number of H-pyrrole nitrogens is 1. The van der Waals surface area contributed by atoms with Gasteiger partial charge in [-0.05, 0) is 18.1 Å². The minimum absolute atomic E-state index is 0.268. The van der Waals surface area contributed by atoms with Gasteiger partial charge in [-0.3, -0.25) is 10.1 Å². The SMILES string of the molecule is CCc1cnccc1-c1noc(-c2cn[nH]c2C#N)n1. The number of hydrogen-bond donors (Lipinski definition) is 1. The molecule has 0 bridgehead atoms. The normalized spacial score (nSPS) is 10.4. The summed E-state index contributed by atoms with van der Waals surface area (Å²) < 4.78 is 5.21. The standard InChI is InChI=1S/C13H10N6O/c1-2-8-6-15-4-3-9(8)12-17-13(20-19-12)10-7-16-18-11(10)5-14/h3-4,6-7H,2H2,1H3,(H,16,18). The molecule has 98 valence electrons. The number of pyridine rings is 1. The monoisotopic (exact) mass is 266 g/mol. The van der Waals surface area contributed by atoms with Crippen LogP contribution in [0.25, 0.3) is 22.8 Å². The first-order valence-corrected chi connectivity index (χ1v) is 6.04. The van der Waals surface area contributed by atoms with Gasteiger partial charge in [-0.15, -0.1) is 0 Å². The van der Waals surface area contributed by atoms with Crippen LogP contribution in [0, 0.1) is 11.3 Å². The lowest BCUT2D eigenvalue weighted by atomic mass is 10.1. The number of aryl methyl sites for hydroxylation is 1. The van der Waals surface area contributed by atoms with Crippen LogP contribution in [-0.4, -0.2) is 25.3 Å². The fraction of sp³-hybridized carbons (Fsp3) is 0.154. The average molecular weight is 266 g/mol. The van der Waals surface area contributed by atoms with Gasteiger partial charge in [0.2, 0.25) is 5.82 Å². The molecule has 1 N–H and O–H groups in total. The maximum absolute atomic E-state index is 8.96. The van der Waals surface area contributed by atoms with Gasteiger partial charge in [0, 0.05) is 18.0 Å². The first-order chi connectivity index (χ1) is 9.83. The van der Waals surface area contributed by atoms with E-state index in [-0.39, 0.29) is 5.89 Å². The Kier molecular flexibility index (Phi) is 2.97. The summed E-state index contributed by atoms with van der Waals surface area (Å²) in [6.07, 6.45) is 5.78. The Balaban J connectivity index is 2.05. The van der Waals surface area contributed by atoms with E-state index in [0.717, 1.165) is 17.5 Å². The Morgan fingerprint density at radius 1 is 1.35 bits per heavy atom. The average Bonchev–Trinajstić information content (AvgIpc) is 3.15. The Morgan fingerprint density at radius 3 is 3.05 bits per heavy atom. The summed E-state index contributed by atoms with van der Waals surface area (Å²) in [7, 11) is 0. The maximum Gasteiger partial charge on any atom is 0.262 e. The molecule has 3 aromatic heterocycles. The van der Waals surface area contributed by atoms with Crippen LogP contribution >= 0.6 is 0 Å². The molecule has 7 nitrogen and oxygen atoms in total. The molecule has 3 aromatic rings. The minimum atomic E-state index is 0.268. The fourth-order valence-electron chi connectivity index (χ4n) is 1.90. The molecule has 20 heavy (non-hydrogen) atoms. The van der Waals surface area contributed by atoms with Crippen LogP contribution in [0.3, 0.4) is 0 Å². The molecule has 0 aliphatic heterocycles. The number of hydrogen-bond acceptors (Lipinski definition) is 6. The Morgan fingerprint density at radius 2 is 2.25 bits per heavy atom. The zero-order valence-corrected chi connectivity index (χ0v) is 10.7. The van der Waals surface area contributed by atoms with Crippen molar-refractivity contribution in [3.63, 3.8) is 0 Å². The van der Waals surface area contributed by atoms with Gasteiger partial charge >= 0.3 is 0 Å². The van der Waals surface area contributed by atoms with Crippen LogP contribution in [0.1, 0.15) is 18.2 Å². The number of nitriles is 1. The van der Waals surface area contributed by atoms with Gasteiger partial charge < -0.3 is 4.52 Å². The van der Waals surface area contributed by atoms with Gasteiger partial charge in [0.05, 0.1) is 11.8 Å². The van der Waals surface area contributed by atoms with E-state index < -0.39 is 0 Å². The highest BCUT2D eigenvalue weighted by atomic mass is 16.5. The third-order valence-electron chi connectivity index (χ3n) is 2.93. The lowest BCUT2D eigenvalue weighted by molar-refractivity contribution is 0.432. The van der Waals surface area contributed by atoms with Crippen molar-refractivity contribution in [2.45, 2.75) is 13.3 Å². The van der Waals surface area contributed by atoms with Crippen molar-refractivity contribution in [3.05, 3.63) is 35.9 Å². The molecule has 0 unspecified atom stereocenters. The molecule has 7 heteroatoms. The van der Waals surface area contributed by atoms with E-state index in [1.165, 1.54) is 6.20 Å². The molecule has 0 amide bonds. The molecule has 3 rings (SSSR count). The quantitative estimate of drug-likeness (QED) is 0.776. The third kappa shape index (κ3) is 1.93. The van der Waals surface area contributed by atoms with E-state index in [1.807, 2.05) is 19.1 Å². The molecule has 0 aliphatic carbocycles. The molecule has 0 atom stereocenters. The van der Waals surface area contributed by atoms with Crippen molar-refractivity contribution >= 4 is 0 Å². The summed E-state index contributed by atoms with van der Waals surface area (Å²) in [6, 6.07) is 3.83. The minimum Gasteiger partial charge on any atom is -0.333 e. The van der Waals surface area contributed by atoms with Crippen molar-refractivity contribution in [1.29, 1.82) is 5.26 Å². The first kappa shape index (κ1) is 12.0. The maximum atomic E-state index is 8.96. The highest BCUT2D eigenvalue weighted by Crippen LogP contribution is 2.25. The second-order valence-corrected chi connectivity index (χ2v) is 4.08. The van der Waals surface area contributed by atoms with Crippen LogP contribution < -0.4 is 0 Å². The predicted molar refractivity (Wildman–Crippen MR) is 69.2 cm³/mol. The fourth-order valence-corrected chi connectivity index (χ4v) is 1.90. The Hall–Kier alpha value is -3.01. The zero-order valence-electron chi connectivity index (χ0n) is 10.7. The molecule has 3 heterocycles. The van der Waals surface area contributed by atoms with E-state index in [9.17, 15) is 0 Å². The second-order valence-electron chi connectivity index (χ2n) is 4.08. The third-order valence-corrected chi connectivity index (χ3v) is 2.93. The van der Waals surface area contributed by atoms with Crippen molar-refractivity contribution in [2.24, 2.45) is 0 Å². The van der Waals surface area contributed by atoms with Gasteiger partial charge in [-0.25, -0.2) is 0 Å². The van der Waals surface area contributed by atoms with Crippen LogP contribution in [0.5, 0.6) is 0 Å². The molecule has 0 radical (unpaired) electrons. The van der Waals surface area contributed by atoms with Gasteiger partial charge in [-0.2, -0.15) is 15.3 Å². The van der Waals surface area contributed by atoms with E-state index in [2.05, 4.69) is 25.3 Å². The van der Waals surface area contributed by atoms with Gasteiger partial charge in [0.15, 0.2) is 0 Å². The smallest absolute Gasteiger partial charge is 0.262 e. The topological polar surface area (TPSA) is 104 Å². The van der Waals surface area contributed by atoms with Crippen molar-refractivity contribution in [1.82, 2.24) is 25.3 Å². The molecule has 0 aromatic carbocycles. The van der Waals surface area contributed by atoms with Crippen molar-refractivity contribution in [3.8, 4) is 28.9 Å². The van der Waals surface area contributed by atoms with Crippen LogP contribution in [0.4, 0.5) is 0 Å². The van der Waals surface area contributed by atoms with Crippen molar-refractivity contribution in [2.75, 3.05) is 0 Å². The summed E-state index contributed by atoms with van der Waals surface area (Å²) in [5.74, 6) is 0.744. The van der Waals surface area contributed by atoms with Gasteiger partial charge in [-0.1, -0.05) is 12.1 Å². The molecule has 0 spiro atoms. The zero-order chi connectivity index (χ0) is 13.9. The summed E-state index contributed by atoms with van der Waals surface area (Å²) in [5, 5.41) is 19.3. The highest BCUT2D eigenvalue weighted by molar-refractivity contribution is 5.64. The number of aromatic nitrogens is 5. The Labute approximate surface area is 114 Å². The van der Waals surface area contributed by atoms with E-state index in [4.69, 9.17) is 9.78 Å². The summed E-state index contributed by atoms with van der Waals surface area (Å²) in [5.41, 5.74) is 2.70. The molecule has 0 saturated carbocycles. The van der Waals surface area contributed by atoms with Crippen LogP contribution in [-0.2, 0) is 6.42 Å². The number of aromatic amines is 1. The highest BCUT2D eigenvalue weighted by Gasteiger charge is 2.17. The summed E-state index contributed by atoms with van der Waals surface area (Å²) in [6.45, 7) is 2.03. The van der Waals surface area contributed by atoms with E-state index >= 15 is 0 Å². The molecular weight excluding hydrogens is 256 g/mol. The van der Waals surface area contributed by atoms with E-state index in [0.29, 0.717) is 17.1 Å². The molecule has 0 fully saturated rings. The predicted octanol–water partition coefficient (Wildman–Crippen LogP) is 1.96. The number of rotatable bonds is 3.